The molecule has 1 fully saturated rings. The van der Waals surface area contributed by atoms with E-state index >= 15 is 0 Å². The second kappa shape index (κ2) is 36.3. The van der Waals surface area contributed by atoms with Crippen molar-refractivity contribution >= 4 is 11.9 Å². The van der Waals surface area contributed by atoms with Gasteiger partial charge in [0.2, 0.25) is 0 Å². The molecule has 1 saturated heterocycles. The summed E-state index contributed by atoms with van der Waals surface area (Å²) < 4.78 is 22.0. The van der Waals surface area contributed by atoms with Crippen molar-refractivity contribution in [2.24, 2.45) is 0 Å². The SMILES string of the molecule is CCCCCCCC/C=C/CCCCCCCC(=O)O[C@@H](COC(=O)/C=C/C=C/CCCCCCCCCCCCC)CO[C@H]1O[C@@H](CO)[C@@H](O)C(O)C1O. The summed E-state index contributed by atoms with van der Waals surface area (Å²) in [5.74, 6) is -1.07. The lowest BCUT2D eigenvalue weighted by atomic mass is 9.99. The van der Waals surface area contributed by atoms with Crippen LogP contribution in [0.4, 0.5) is 0 Å². The van der Waals surface area contributed by atoms with Crippen molar-refractivity contribution < 1.29 is 49.0 Å². The van der Waals surface area contributed by atoms with Crippen LogP contribution in [0, 0.1) is 0 Å². The fraction of sp³-hybridized carbons (Fsp3) is 0.822. The first-order chi connectivity index (χ1) is 26.8. The molecule has 6 atom stereocenters. The van der Waals surface area contributed by atoms with Crippen molar-refractivity contribution in [3.05, 3.63) is 36.5 Å². The molecular formula is C45H80O10. The van der Waals surface area contributed by atoms with Gasteiger partial charge >= 0.3 is 11.9 Å². The smallest absolute Gasteiger partial charge is 0.330 e. The number of allylic oxidation sites excluding steroid dienone is 5. The Kier molecular flexibility index (Phi) is 33.6. The molecule has 0 bridgehead atoms. The summed E-state index contributed by atoms with van der Waals surface area (Å²) in [6, 6.07) is 0. The van der Waals surface area contributed by atoms with Gasteiger partial charge in [0.1, 0.15) is 31.0 Å². The van der Waals surface area contributed by atoms with Gasteiger partial charge in [-0.05, 0) is 44.9 Å². The van der Waals surface area contributed by atoms with E-state index < -0.39 is 55.4 Å². The molecule has 1 heterocycles. The Balaban J connectivity index is 2.40. The predicted molar refractivity (Wildman–Crippen MR) is 219 cm³/mol. The second-order valence-corrected chi connectivity index (χ2v) is 15.2. The standard InChI is InChI=1S/C45H80O10/c1-3-5-7-9-11-13-15-17-19-21-23-25-27-29-31-33-40(47)52-36-38(37-53-45-44(51)43(50)42(49)39(35-46)55-45)54-41(48)34-32-30-28-26-24-22-20-18-16-14-12-10-8-6-4-2/h18,20,27,29,31,33,38-39,42-46,49-51H,3-17,19,21-26,28,30,32,34-37H2,1-2H3/b20-18+,29-27+,33-31+/t38-,39-,42+,43?,44?,45-/m0/s1. The first-order valence-electron chi connectivity index (χ1n) is 22.1. The average molecular weight is 781 g/mol. The van der Waals surface area contributed by atoms with Crippen molar-refractivity contribution in [1.82, 2.24) is 0 Å². The van der Waals surface area contributed by atoms with Gasteiger partial charge in [-0.15, -0.1) is 0 Å². The normalized spacial score (nSPS) is 20.9. The Morgan fingerprint density at radius 2 is 1.09 bits per heavy atom. The van der Waals surface area contributed by atoms with E-state index in [2.05, 4.69) is 26.0 Å². The van der Waals surface area contributed by atoms with Crippen LogP contribution >= 0.6 is 0 Å². The summed E-state index contributed by atoms with van der Waals surface area (Å²) in [5, 5.41) is 40.0. The van der Waals surface area contributed by atoms with E-state index in [0.717, 1.165) is 51.4 Å². The quantitative estimate of drug-likeness (QED) is 0.0159. The third-order valence-corrected chi connectivity index (χ3v) is 10.1. The average Bonchev–Trinajstić information content (AvgIpc) is 3.18. The van der Waals surface area contributed by atoms with Crippen LogP contribution in [0.15, 0.2) is 36.5 Å². The lowest BCUT2D eigenvalue weighted by molar-refractivity contribution is -0.305. The molecule has 320 valence electrons. The summed E-state index contributed by atoms with van der Waals surface area (Å²) in [6.45, 7) is 3.29. The molecule has 55 heavy (non-hydrogen) atoms. The number of hydrogen-bond acceptors (Lipinski definition) is 10. The summed E-state index contributed by atoms with van der Waals surface area (Å²) >= 11 is 0. The summed E-state index contributed by atoms with van der Waals surface area (Å²) in [6.07, 6.45) is 33.5. The van der Waals surface area contributed by atoms with Crippen molar-refractivity contribution in [3.63, 3.8) is 0 Å². The molecule has 1 aliphatic rings. The maximum Gasteiger partial charge on any atom is 0.330 e. The monoisotopic (exact) mass is 781 g/mol. The number of hydrogen-bond donors (Lipinski definition) is 4. The van der Waals surface area contributed by atoms with Gasteiger partial charge in [0.05, 0.1) is 13.2 Å². The van der Waals surface area contributed by atoms with Gasteiger partial charge in [0, 0.05) is 12.5 Å². The Labute approximate surface area is 334 Å². The minimum Gasteiger partial charge on any atom is -0.458 e. The number of carbonyl (C=O) groups is 2. The van der Waals surface area contributed by atoms with Gasteiger partial charge < -0.3 is 39.4 Å². The van der Waals surface area contributed by atoms with E-state index in [9.17, 15) is 30.0 Å². The van der Waals surface area contributed by atoms with Crippen LogP contribution in [0.2, 0.25) is 0 Å². The van der Waals surface area contributed by atoms with Crippen LogP contribution in [0.1, 0.15) is 181 Å². The number of aliphatic hydroxyl groups is 4. The number of unbranched alkanes of at least 4 members (excludes halogenated alkanes) is 22. The predicted octanol–water partition coefficient (Wildman–Crippen LogP) is 9.11. The molecule has 0 saturated carbocycles. The fourth-order valence-electron chi connectivity index (χ4n) is 6.57. The summed E-state index contributed by atoms with van der Waals surface area (Å²) in [7, 11) is 0. The number of esters is 2. The maximum atomic E-state index is 12.7. The Hall–Kier alpha value is -2.08. The highest BCUT2D eigenvalue weighted by Gasteiger charge is 2.44. The minimum absolute atomic E-state index is 0.201. The van der Waals surface area contributed by atoms with Gasteiger partial charge in [0.15, 0.2) is 12.4 Å². The Morgan fingerprint density at radius 1 is 0.600 bits per heavy atom. The van der Waals surface area contributed by atoms with Crippen molar-refractivity contribution in [2.45, 2.75) is 218 Å². The molecule has 10 heteroatoms. The third-order valence-electron chi connectivity index (χ3n) is 10.1. The molecule has 1 rings (SSSR count). The molecule has 0 spiro atoms. The largest absolute Gasteiger partial charge is 0.458 e. The molecule has 1 aliphatic heterocycles. The maximum absolute atomic E-state index is 12.7. The highest BCUT2D eigenvalue weighted by molar-refractivity contribution is 5.82. The van der Waals surface area contributed by atoms with E-state index in [1.54, 1.807) is 6.08 Å². The molecule has 0 amide bonds. The van der Waals surface area contributed by atoms with Gasteiger partial charge in [0.25, 0.3) is 0 Å². The van der Waals surface area contributed by atoms with Crippen molar-refractivity contribution in [2.75, 3.05) is 19.8 Å². The Bertz CT molecular complexity index is 996. The van der Waals surface area contributed by atoms with Crippen LogP contribution in [0.25, 0.3) is 0 Å². The zero-order valence-electron chi connectivity index (χ0n) is 34.7. The number of aliphatic hydroxyl groups excluding tert-OH is 4. The molecule has 4 N–H and O–H groups in total. The van der Waals surface area contributed by atoms with Gasteiger partial charge in [-0.2, -0.15) is 0 Å². The number of rotatable bonds is 36. The van der Waals surface area contributed by atoms with Gasteiger partial charge in [-0.1, -0.05) is 160 Å². The number of ether oxygens (including phenoxy) is 4. The molecule has 2 unspecified atom stereocenters. The van der Waals surface area contributed by atoms with Gasteiger partial charge in [-0.3, -0.25) is 4.79 Å². The highest BCUT2D eigenvalue weighted by atomic mass is 16.7. The lowest BCUT2D eigenvalue weighted by Crippen LogP contribution is -2.59. The lowest BCUT2D eigenvalue weighted by Gasteiger charge is -2.39. The van der Waals surface area contributed by atoms with Crippen molar-refractivity contribution in [3.8, 4) is 0 Å². The van der Waals surface area contributed by atoms with Crippen LogP contribution in [-0.4, -0.2) is 89.0 Å². The van der Waals surface area contributed by atoms with Crippen LogP contribution < -0.4 is 0 Å². The fourth-order valence-corrected chi connectivity index (χ4v) is 6.57. The van der Waals surface area contributed by atoms with E-state index in [-0.39, 0.29) is 19.6 Å². The molecule has 0 radical (unpaired) electrons. The van der Waals surface area contributed by atoms with E-state index in [0.29, 0.717) is 6.42 Å². The first kappa shape index (κ1) is 50.9. The van der Waals surface area contributed by atoms with Gasteiger partial charge in [-0.25, -0.2) is 4.79 Å². The highest BCUT2D eigenvalue weighted by Crippen LogP contribution is 2.22. The summed E-state index contributed by atoms with van der Waals surface area (Å²) in [4.78, 5) is 25.2. The second-order valence-electron chi connectivity index (χ2n) is 15.2. The summed E-state index contributed by atoms with van der Waals surface area (Å²) in [5.41, 5.74) is 0. The van der Waals surface area contributed by atoms with E-state index in [4.69, 9.17) is 18.9 Å². The zero-order valence-corrected chi connectivity index (χ0v) is 34.7. The number of carbonyl (C=O) groups excluding carboxylic acids is 2. The molecule has 0 aromatic rings. The van der Waals surface area contributed by atoms with E-state index in [1.165, 1.54) is 109 Å². The van der Waals surface area contributed by atoms with E-state index in [1.807, 2.05) is 12.2 Å². The van der Waals surface area contributed by atoms with Crippen LogP contribution in [0.5, 0.6) is 0 Å². The molecule has 0 aliphatic carbocycles. The topological polar surface area (TPSA) is 152 Å². The zero-order chi connectivity index (χ0) is 40.2. The minimum atomic E-state index is -1.61. The van der Waals surface area contributed by atoms with Crippen LogP contribution in [0.3, 0.4) is 0 Å². The third kappa shape index (κ3) is 28.0. The van der Waals surface area contributed by atoms with Crippen LogP contribution in [-0.2, 0) is 28.5 Å². The first-order valence-corrected chi connectivity index (χ1v) is 22.1. The molecular weight excluding hydrogens is 700 g/mol. The molecule has 10 nitrogen and oxygen atoms in total. The Morgan fingerprint density at radius 3 is 1.62 bits per heavy atom. The molecule has 0 aromatic heterocycles. The molecule has 0 aromatic carbocycles. The van der Waals surface area contributed by atoms with Crippen molar-refractivity contribution in [1.29, 1.82) is 0 Å².